The maximum Gasteiger partial charge on any atom is 0.344 e. The fraction of sp³-hybridized carbons (Fsp3) is 0.333. The van der Waals surface area contributed by atoms with Gasteiger partial charge in [-0.2, -0.15) is 0 Å². The summed E-state index contributed by atoms with van der Waals surface area (Å²) in [5, 5.41) is 7.74. The molecule has 100 valence electrons. The van der Waals surface area contributed by atoms with E-state index in [1.54, 1.807) is 36.9 Å². The predicted molar refractivity (Wildman–Crippen MR) is 65.4 cm³/mol. The molecule has 0 aliphatic heterocycles. The summed E-state index contributed by atoms with van der Waals surface area (Å²) in [7, 11) is 1.73. The molecule has 0 aliphatic carbocycles. The van der Waals surface area contributed by atoms with E-state index in [0.717, 1.165) is 0 Å². The number of hydrogen-bond acceptors (Lipinski definition) is 6. The molecule has 0 amide bonds. The summed E-state index contributed by atoms with van der Waals surface area (Å²) in [6, 6.07) is 4.86. The van der Waals surface area contributed by atoms with Crippen molar-refractivity contribution in [3.63, 3.8) is 0 Å². The molecule has 1 aromatic heterocycles. The van der Waals surface area contributed by atoms with Crippen molar-refractivity contribution in [3.8, 4) is 0 Å². The first-order valence-electron chi connectivity index (χ1n) is 5.74. The van der Waals surface area contributed by atoms with E-state index in [9.17, 15) is 9.59 Å². The second-order valence-electron chi connectivity index (χ2n) is 3.80. The Hall–Kier alpha value is -2.44. The van der Waals surface area contributed by atoms with Crippen LogP contribution in [0.25, 0.3) is 11.0 Å². The van der Waals surface area contributed by atoms with Crippen molar-refractivity contribution in [2.75, 3.05) is 13.2 Å². The fourth-order valence-corrected chi connectivity index (χ4v) is 1.57. The molecule has 2 rings (SSSR count). The molecule has 0 fully saturated rings. The van der Waals surface area contributed by atoms with Crippen molar-refractivity contribution in [1.82, 2.24) is 15.0 Å². The zero-order valence-corrected chi connectivity index (χ0v) is 10.6. The Morgan fingerprint density at radius 1 is 1.32 bits per heavy atom. The second-order valence-corrected chi connectivity index (χ2v) is 3.80. The van der Waals surface area contributed by atoms with Crippen LogP contribution < -0.4 is 0 Å². The highest BCUT2D eigenvalue weighted by molar-refractivity contribution is 5.94. The summed E-state index contributed by atoms with van der Waals surface area (Å²) in [6.07, 6.45) is 0. The number of nitrogens with zero attached hydrogens (tertiary/aromatic N) is 3. The van der Waals surface area contributed by atoms with Crippen LogP contribution in [0.5, 0.6) is 0 Å². The molecule has 0 aliphatic rings. The summed E-state index contributed by atoms with van der Waals surface area (Å²) in [5.74, 6) is -1.16. The van der Waals surface area contributed by atoms with Gasteiger partial charge in [0.15, 0.2) is 6.61 Å². The normalized spacial score (nSPS) is 10.4. The minimum absolute atomic E-state index is 0.253. The number of aromatic nitrogens is 3. The van der Waals surface area contributed by atoms with Crippen molar-refractivity contribution < 1.29 is 19.1 Å². The quantitative estimate of drug-likeness (QED) is 0.754. The lowest BCUT2D eigenvalue weighted by Gasteiger charge is -2.04. The summed E-state index contributed by atoms with van der Waals surface area (Å²) < 4.78 is 11.1. The van der Waals surface area contributed by atoms with Gasteiger partial charge in [-0.25, -0.2) is 14.3 Å². The van der Waals surface area contributed by atoms with Crippen molar-refractivity contribution >= 4 is 23.0 Å². The van der Waals surface area contributed by atoms with Crippen LogP contribution >= 0.6 is 0 Å². The Bertz CT molecular complexity index is 620. The average Bonchev–Trinajstić information content (AvgIpc) is 2.78. The van der Waals surface area contributed by atoms with Crippen LogP contribution in [0.15, 0.2) is 18.2 Å². The molecule has 0 N–H and O–H groups in total. The molecular formula is C12H13N3O4. The molecule has 2 aromatic rings. The van der Waals surface area contributed by atoms with Gasteiger partial charge in [0, 0.05) is 7.05 Å². The zero-order valence-electron chi connectivity index (χ0n) is 10.6. The SMILES string of the molecule is CCOC(=O)COC(=O)c1ccc2nnn(C)c2c1. The zero-order chi connectivity index (χ0) is 13.8. The monoisotopic (exact) mass is 263 g/mol. The maximum absolute atomic E-state index is 11.8. The van der Waals surface area contributed by atoms with Crippen molar-refractivity contribution in [2.24, 2.45) is 7.05 Å². The molecule has 0 atom stereocenters. The molecule has 0 radical (unpaired) electrons. The van der Waals surface area contributed by atoms with Gasteiger partial charge in [0.2, 0.25) is 0 Å². The first-order chi connectivity index (χ1) is 9.11. The highest BCUT2D eigenvalue weighted by Crippen LogP contribution is 2.13. The molecular weight excluding hydrogens is 250 g/mol. The maximum atomic E-state index is 11.8. The van der Waals surface area contributed by atoms with Crippen LogP contribution in [0, 0.1) is 0 Å². The minimum atomic E-state index is -0.587. The van der Waals surface area contributed by atoms with Gasteiger partial charge < -0.3 is 9.47 Å². The van der Waals surface area contributed by atoms with Gasteiger partial charge in [0.05, 0.1) is 17.7 Å². The first kappa shape index (κ1) is 13.0. The fourth-order valence-electron chi connectivity index (χ4n) is 1.57. The Labute approximate surface area is 109 Å². The summed E-state index contributed by atoms with van der Waals surface area (Å²) >= 11 is 0. The summed E-state index contributed by atoms with van der Waals surface area (Å²) in [4.78, 5) is 22.8. The number of hydrogen-bond donors (Lipinski definition) is 0. The van der Waals surface area contributed by atoms with E-state index in [1.165, 1.54) is 0 Å². The Balaban J connectivity index is 2.08. The van der Waals surface area contributed by atoms with E-state index in [2.05, 4.69) is 15.0 Å². The van der Waals surface area contributed by atoms with Crippen molar-refractivity contribution in [3.05, 3.63) is 23.8 Å². The van der Waals surface area contributed by atoms with Gasteiger partial charge in [0.1, 0.15) is 5.52 Å². The Morgan fingerprint density at radius 3 is 2.84 bits per heavy atom. The molecule has 1 aromatic carbocycles. The third-order valence-electron chi connectivity index (χ3n) is 2.47. The van der Waals surface area contributed by atoms with Gasteiger partial charge in [0.25, 0.3) is 0 Å². The lowest BCUT2D eigenvalue weighted by molar-refractivity contribution is -0.146. The molecule has 0 bridgehead atoms. The molecule has 7 nitrogen and oxygen atoms in total. The second kappa shape index (κ2) is 5.47. The molecule has 7 heteroatoms. The Morgan fingerprint density at radius 2 is 2.11 bits per heavy atom. The number of rotatable bonds is 4. The summed E-state index contributed by atoms with van der Waals surface area (Å²) in [6.45, 7) is 1.54. The number of aryl methyl sites for hydroxylation is 1. The molecule has 0 saturated carbocycles. The number of ether oxygens (including phenoxy) is 2. The third-order valence-corrected chi connectivity index (χ3v) is 2.47. The van der Waals surface area contributed by atoms with E-state index in [4.69, 9.17) is 4.74 Å². The van der Waals surface area contributed by atoms with Crippen LogP contribution in [0.4, 0.5) is 0 Å². The van der Waals surface area contributed by atoms with Gasteiger partial charge in [-0.3, -0.25) is 0 Å². The standard InChI is InChI=1S/C12H13N3O4/c1-3-18-11(16)7-19-12(17)8-4-5-9-10(6-8)15(2)14-13-9/h4-6H,3,7H2,1-2H3. The van der Waals surface area contributed by atoms with E-state index in [1.807, 2.05) is 0 Å². The molecule has 19 heavy (non-hydrogen) atoms. The molecule has 0 spiro atoms. The molecule has 0 unspecified atom stereocenters. The van der Waals surface area contributed by atoms with Gasteiger partial charge in [-0.05, 0) is 25.1 Å². The van der Waals surface area contributed by atoms with Crippen molar-refractivity contribution in [1.29, 1.82) is 0 Å². The summed E-state index contributed by atoms with van der Waals surface area (Å²) in [5.41, 5.74) is 1.73. The lowest BCUT2D eigenvalue weighted by atomic mass is 10.2. The van der Waals surface area contributed by atoms with Crippen LogP contribution in [0.3, 0.4) is 0 Å². The highest BCUT2D eigenvalue weighted by Gasteiger charge is 2.12. The van der Waals surface area contributed by atoms with Gasteiger partial charge >= 0.3 is 11.9 Å². The topological polar surface area (TPSA) is 83.3 Å². The number of benzene rings is 1. The first-order valence-corrected chi connectivity index (χ1v) is 5.74. The highest BCUT2D eigenvalue weighted by atomic mass is 16.6. The van der Waals surface area contributed by atoms with E-state index >= 15 is 0 Å². The van der Waals surface area contributed by atoms with Gasteiger partial charge in [-0.15, -0.1) is 5.10 Å². The smallest absolute Gasteiger partial charge is 0.344 e. The molecule has 1 heterocycles. The van der Waals surface area contributed by atoms with Crippen LogP contribution in [-0.4, -0.2) is 40.1 Å². The van der Waals surface area contributed by atoms with Crippen LogP contribution in [-0.2, 0) is 21.3 Å². The number of esters is 2. The largest absolute Gasteiger partial charge is 0.463 e. The predicted octanol–water partition coefficient (Wildman–Crippen LogP) is 0.688. The molecule has 0 saturated heterocycles. The van der Waals surface area contributed by atoms with Gasteiger partial charge in [-0.1, -0.05) is 5.21 Å². The number of carbonyl (C=O) groups excluding carboxylic acids is 2. The average molecular weight is 263 g/mol. The lowest BCUT2D eigenvalue weighted by Crippen LogP contribution is -2.16. The minimum Gasteiger partial charge on any atom is -0.463 e. The number of carbonyl (C=O) groups is 2. The van der Waals surface area contributed by atoms with Crippen LogP contribution in [0.1, 0.15) is 17.3 Å². The number of fused-ring (bicyclic) bond motifs is 1. The van der Waals surface area contributed by atoms with Crippen molar-refractivity contribution in [2.45, 2.75) is 6.92 Å². The van der Waals surface area contributed by atoms with E-state index in [0.29, 0.717) is 16.6 Å². The van der Waals surface area contributed by atoms with Crippen LogP contribution in [0.2, 0.25) is 0 Å². The van der Waals surface area contributed by atoms with E-state index < -0.39 is 18.5 Å². The van der Waals surface area contributed by atoms with E-state index in [-0.39, 0.29) is 6.61 Å². The Kier molecular flexibility index (Phi) is 3.74. The third kappa shape index (κ3) is 2.87.